The number of nitrogens with one attached hydrogen (secondary N) is 1. The highest BCUT2D eigenvalue weighted by atomic mass is 35.5. The molecular formula is C19H25ClN2O4. The van der Waals surface area contributed by atoms with E-state index in [0.717, 1.165) is 19.4 Å². The van der Waals surface area contributed by atoms with Gasteiger partial charge in [0.2, 0.25) is 0 Å². The first kappa shape index (κ1) is 19.0. The molecule has 142 valence electrons. The Morgan fingerprint density at radius 1 is 1.35 bits per heavy atom. The second kappa shape index (κ2) is 8.27. The van der Waals surface area contributed by atoms with E-state index in [2.05, 4.69) is 5.32 Å². The minimum absolute atomic E-state index is 0.0697. The zero-order valence-corrected chi connectivity index (χ0v) is 15.6. The standard InChI is InChI=1S/C19H25ClN2O4/c1-12(26-17-5-3-2-4-16(17)20)19(25)21-14-8-15(9-14)22(11-18(23)24)10-13-6-7-13/h2-5,12-15H,6-11H2,1H3,(H,21,25)(H,23,24). The average molecular weight is 381 g/mol. The van der Waals surface area contributed by atoms with Crippen LogP contribution in [0.3, 0.4) is 0 Å². The summed E-state index contributed by atoms with van der Waals surface area (Å²) in [4.78, 5) is 25.4. The van der Waals surface area contributed by atoms with Crippen LogP contribution in [0.2, 0.25) is 5.02 Å². The first-order chi connectivity index (χ1) is 12.4. The van der Waals surface area contributed by atoms with Gasteiger partial charge in [0.05, 0.1) is 11.6 Å². The molecule has 0 saturated heterocycles. The van der Waals surface area contributed by atoms with E-state index in [1.165, 1.54) is 12.8 Å². The van der Waals surface area contributed by atoms with E-state index in [9.17, 15) is 9.59 Å². The summed E-state index contributed by atoms with van der Waals surface area (Å²) in [7, 11) is 0. The van der Waals surface area contributed by atoms with Gasteiger partial charge >= 0.3 is 5.97 Å². The molecule has 26 heavy (non-hydrogen) atoms. The fraction of sp³-hybridized carbons (Fsp3) is 0.579. The number of ether oxygens (including phenoxy) is 1. The van der Waals surface area contributed by atoms with Crippen LogP contribution in [-0.4, -0.2) is 53.2 Å². The van der Waals surface area contributed by atoms with Crippen molar-refractivity contribution in [3.05, 3.63) is 29.3 Å². The van der Waals surface area contributed by atoms with Crippen LogP contribution in [0.15, 0.2) is 24.3 Å². The summed E-state index contributed by atoms with van der Waals surface area (Å²) >= 11 is 6.05. The Balaban J connectivity index is 1.44. The number of para-hydroxylation sites is 1. The Labute approximate surface area is 158 Å². The third-order valence-electron chi connectivity index (χ3n) is 5.01. The van der Waals surface area contributed by atoms with Crippen molar-refractivity contribution >= 4 is 23.5 Å². The van der Waals surface area contributed by atoms with Crippen LogP contribution in [0, 0.1) is 5.92 Å². The molecule has 0 radical (unpaired) electrons. The summed E-state index contributed by atoms with van der Waals surface area (Å²) in [6.45, 7) is 2.62. The normalized spacial score (nSPS) is 23.2. The van der Waals surface area contributed by atoms with Crippen molar-refractivity contribution in [1.29, 1.82) is 0 Å². The number of carboxylic acids is 1. The van der Waals surface area contributed by atoms with Crippen LogP contribution >= 0.6 is 11.6 Å². The Morgan fingerprint density at radius 3 is 2.65 bits per heavy atom. The van der Waals surface area contributed by atoms with Gasteiger partial charge in [-0.2, -0.15) is 0 Å². The van der Waals surface area contributed by atoms with E-state index < -0.39 is 12.1 Å². The number of amides is 1. The van der Waals surface area contributed by atoms with Gasteiger partial charge in [0.25, 0.3) is 5.91 Å². The minimum Gasteiger partial charge on any atom is -0.480 e. The number of aliphatic carboxylic acids is 1. The van der Waals surface area contributed by atoms with Gasteiger partial charge in [-0.1, -0.05) is 23.7 Å². The number of rotatable bonds is 9. The number of halogens is 1. The molecule has 1 amide bonds. The molecule has 7 heteroatoms. The lowest BCUT2D eigenvalue weighted by Crippen LogP contribution is -2.56. The zero-order valence-electron chi connectivity index (χ0n) is 14.9. The first-order valence-corrected chi connectivity index (χ1v) is 9.47. The van der Waals surface area contributed by atoms with Gasteiger partial charge in [0.1, 0.15) is 5.75 Å². The van der Waals surface area contributed by atoms with Crippen LogP contribution in [0.4, 0.5) is 0 Å². The topological polar surface area (TPSA) is 78.9 Å². The zero-order chi connectivity index (χ0) is 18.7. The van der Waals surface area contributed by atoms with E-state index in [4.69, 9.17) is 21.4 Å². The lowest BCUT2D eigenvalue weighted by atomic mass is 9.85. The number of carbonyl (C=O) groups excluding carboxylic acids is 1. The Morgan fingerprint density at radius 2 is 2.04 bits per heavy atom. The van der Waals surface area contributed by atoms with Crippen LogP contribution in [0.1, 0.15) is 32.6 Å². The minimum atomic E-state index is -0.792. The lowest BCUT2D eigenvalue weighted by Gasteiger charge is -2.43. The van der Waals surface area contributed by atoms with Crippen molar-refractivity contribution < 1.29 is 19.4 Å². The molecule has 1 aromatic carbocycles. The Kier molecular flexibility index (Phi) is 6.04. The quantitative estimate of drug-likeness (QED) is 0.688. The summed E-state index contributed by atoms with van der Waals surface area (Å²) < 4.78 is 5.63. The summed E-state index contributed by atoms with van der Waals surface area (Å²) in [5.74, 6) is 0.160. The highest BCUT2D eigenvalue weighted by Gasteiger charge is 2.38. The SMILES string of the molecule is CC(Oc1ccccc1Cl)C(=O)NC1CC(N(CC(=O)O)CC2CC2)C1. The van der Waals surface area contributed by atoms with Crippen molar-refractivity contribution in [2.24, 2.45) is 5.92 Å². The smallest absolute Gasteiger partial charge is 0.317 e. The monoisotopic (exact) mass is 380 g/mol. The van der Waals surface area contributed by atoms with Crippen LogP contribution in [0.25, 0.3) is 0 Å². The van der Waals surface area contributed by atoms with Gasteiger partial charge in [-0.05, 0) is 50.7 Å². The maximum Gasteiger partial charge on any atom is 0.317 e. The number of carbonyl (C=O) groups is 2. The van der Waals surface area contributed by atoms with Crippen LogP contribution in [-0.2, 0) is 9.59 Å². The second-order valence-corrected chi connectivity index (χ2v) is 7.69. The third kappa shape index (κ3) is 5.11. The van der Waals surface area contributed by atoms with E-state index in [1.54, 1.807) is 31.2 Å². The summed E-state index contributed by atoms with van der Waals surface area (Å²) in [6, 6.07) is 7.36. The lowest BCUT2D eigenvalue weighted by molar-refractivity contribution is -0.140. The summed E-state index contributed by atoms with van der Waals surface area (Å²) in [6.07, 6.45) is 3.31. The molecule has 0 aromatic heterocycles. The fourth-order valence-electron chi connectivity index (χ4n) is 3.26. The average Bonchev–Trinajstić information content (AvgIpc) is 3.35. The first-order valence-electron chi connectivity index (χ1n) is 9.09. The van der Waals surface area contributed by atoms with E-state index in [0.29, 0.717) is 16.7 Å². The molecule has 3 rings (SSSR count). The molecule has 2 N–H and O–H groups in total. The maximum absolute atomic E-state index is 12.3. The molecule has 0 bridgehead atoms. The van der Waals surface area contributed by atoms with E-state index >= 15 is 0 Å². The Hall–Kier alpha value is -1.79. The number of hydrogen-bond donors (Lipinski definition) is 2. The molecule has 1 atom stereocenters. The van der Waals surface area contributed by atoms with E-state index in [-0.39, 0.29) is 24.5 Å². The largest absolute Gasteiger partial charge is 0.480 e. The van der Waals surface area contributed by atoms with Gasteiger partial charge in [0, 0.05) is 18.6 Å². The third-order valence-corrected chi connectivity index (χ3v) is 5.33. The molecule has 1 aromatic rings. The molecule has 2 saturated carbocycles. The molecule has 2 fully saturated rings. The molecule has 0 aliphatic heterocycles. The van der Waals surface area contributed by atoms with Crippen molar-refractivity contribution in [2.75, 3.05) is 13.1 Å². The van der Waals surface area contributed by atoms with Crippen molar-refractivity contribution in [3.63, 3.8) is 0 Å². The van der Waals surface area contributed by atoms with Crippen molar-refractivity contribution in [1.82, 2.24) is 10.2 Å². The predicted molar refractivity (Wildman–Crippen MR) is 98.4 cm³/mol. The molecule has 0 heterocycles. The van der Waals surface area contributed by atoms with Gasteiger partial charge in [-0.25, -0.2) is 0 Å². The number of hydrogen-bond acceptors (Lipinski definition) is 4. The molecule has 6 nitrogen and oxygen atoms in total. The van der Waals surface area contributed by atoms with Crippen LogP contribution in [0.5, 0.6) is 5.75 Å². The molecule has 1 unspecified atom stereocenters. The van der Waals surface area contributed by atoms with Gasteiger partial charge in [-0.15, -0.1) is 0 Å². The Bertz CT molecular complexity index is 659. The predicted octanol–water partition coefficient (Wildman–Crippen LogP) is 2.55. The van der Waals surface area contributed by atoms with Crippen LogP contribution < -0.4 is 10.1 Å². The number of benzene rings is 1. The highest BCUT2D eigenvalue weighted by Crippen LogP contribution is 2.34. The van der Waals surface area contributed by atoms with E-state index in [1.807, 2.05) is 4.90 Å². The highest BCUT2D eigenvalue weighted by molar-refractivity contribution is 6.32. The number of carboxylic acid groups (broad SMARTS) is 1. The summed E-state index contributed by atoms with van der Waals surface area (Å²) in [5.41, 5.74) is 0. The molecular weight excluding hydrogens is 356 g/mol. The molecule has 0 spiro atoms. The van der Waals surface area contributed by atoms with Gasteiger partial charge in [0.15, 0.2) is 6.10 Å². The van der Waals surface area contributed by atoms with Crippen molar-refractivity contribution in [3.8, 4) is 5.75 Å². The summed E-state index contributed by atoms with van der Waals surface area (Å²) in [5, 5.41) is 12.5. The van der Waals surface area contributed by atoms with Gasteiger partial charge in [-0.3, -0.25) is 14.5 Å². The molecule has 2 aliphatic rings. The second-order valence-electron chi connectivity index (χ2n) is 7.29. The maximum atomic E-state index is 12.3. The van der Waals surface area contributed by atoms with Crippen molar-refractivity contribution in [2.45, 2.75) is 50.8 Å². The fourth-order valence-corrected chi connectivity index (χ4v) is 3.44. The van der Waals surface area contributed by atoms with Gasteiger partial charge < -0.3 is 15.2 Å². The number of nitrogens with zero attached hydrogens (tertiary/aromatic N) is 1. The molecule has 2 aliphatic carbocycles.